The molecule has 0 aliphatic rings. The van der Waals surface area contributed by atoms with Gasteiger partial charge in [-0.15, -0.1) is 11.3 Å². The molecular weight excluding hydrogens is 287 g/mol. The average molecular weight is 301 g/mol. The van der Waals surface area contributed by atoms with Crippen molar-refractivity contribution in [3.63, 3.8) is 0 Å². The Kier molecular flexibility index (Phi) is 4.35. The van der Waals surface area contributed by atoms with Gasteiger partial charge in [0.2, 0.25) is 0 Å². The molecule has 1 aromatic carbocycles. The quantitative estimate of drug-likeness (QED) is 0.918. The van der Waals surface area contributed by atoms with Crippen molar-refractivity contribution in [2.24, 2.45) is 0 Å². The number of hydrogen-bond acceptors (Lipinski definition) is 3. The maximum Gasteiger partial charge on any atom is 0.416 e. The molecule has 0 aliphatic heterocycles. The van der Waals surface area contributed by atoms with Gasteiger partial charge in [0.1, 0.15) is 5.75 Å². The summed E-state index contributed by atoms with van der Waals surface area (Å²) >= 11 is 1.37. The van der Waals surface area contributed by atoms with Gasteiger partial charge in [-0.3, -0.25) is 0 Å². The zero-order valence-electron chi connectivity index (χ0n) is 11.0. The molecule has 0 bridgehead atoms. The third-order valence-corrected chi connectivity index (χ3v) is 3.96. The maximum atomic E-state index is 13.1. The molecule has 0 spiro atoms. The molecule has 2 nitrogen and oxygen atoms in total. The van der Waals surface area contributed by atoms with Crippen LogP contribution in [0.3, 0.4) is 0 Å². The van der Waals surface area contributed by atoms with Crippen molar-refractivity contribution < 1.29 is 17.9 Å². The van der Waals surface area contributed by atoms with Gasteiger partial charge >= 0.3 is 6.18 Å². The molecule has 0 saturated carbocycles. The topological polar surface area (TPSA) is 21.3 Å². The van der Waals surface area contributed by atoms with Gasteiger partial charge in [0, 0.05) is 10.3 Å². The molecule has 20 heavy (non-hydrogen) atoms. The van der Waals surface area contributed by atoms with Crippen molar-refractivity contribution in [2.45, 2.75) is 12.2 Å². The lowest BCUT2D eigenvalue weighted by atomic mass is 9.99. The molecular formula is C14H14F3NOS. The molecule has 6 heteroatoms. The highest BCUT2D eigenvalue weighted by Crippen LogP contribution is 2.38. The minimum Gasteiger partial charge on any atom is -0.496 e. The second kappa shape index (κ2) is 5.85. The average Bonchev–Trinajstić information content (AvgIpc) is 2.88. The zero-order valence-corrected chi connectivity index (χ0v) is 11.8. The third kappa shape index (κ3) is 2.96. The summed E-state index contributed by atoms with van der Waals surface area (Å²) in [6.07, 6.45) is -4.37. The van der Waals surface area contributed by atoms with Crippen molar-refractivity contribution in [3.05, 3.63) is 51.7 Å². The normalized spacial score (nSPS) is 13.2. The highest BCUT2D eigenvalue weighted by atomic mass is 32.1. The lowest BCUT2D eigenvalue weighted by Crippen LogP contribution is -2.21. The number of rotatable bonds is 4. The summed E-state index contributed by atoms with van der Waals surface area (Å²) in [5.74, 6) is 0.648. The van der Waals surface area contributed by atoms with E-state index < -0.39 is 17.8 Å². The van der Waals surface area contributed by atoms with E-state index in [1.54, 1.807) is 24.6 Å². The van der Waals surface area contributed by atoms with Crippen LogP contribution in [-0.4, -0.2) is 14.2 Å². The van der Waals surface area contributed by atoms with E-state index in [2.05, 4.69) is 5.32 Å². The van der Waals surface area contributed by atoms with Crippen LogP contribution in [0.5, 0.6) is 5.75 Å². The first-order valence-corrected chi connectivity index (χ1v) is 6.81. The first kappa shape index (κ1) is 14.9. The lowest BCUT2D eigenvalue weighted by Gasteiger charge is -2.20. The standard InChI is InChI=1S/C14H14F3NOS/c1-18-13(12-7-9(19-2)8-20-12)10-5-3-4-6-11(10)14(15,16)17/h3-8,13,18H,1-2H3. The second-order valence-corrected chi connectivity index (χ2v) is 5.14. The molecule has 2 aromatic rings. The summed E-state index contributed by atoms with van der Waals surface area (Å²) in [5.41, 5.74) is -0.404. The first-order valence-electron chi connectivity index (χ1n) is 5.93. The third-order valence-electron chi connectivity index (χ3n) is 2.98. The molecule has 0 aliphatic carbocycles. The fourth-order valence-corrected chi connectivity index (χ4v) is 3.03. The Labute approximate surface area is 119 Å². The predicted octanol–water partition coefficient (Wildman–Crippen LogP) is 4.08. The Morgan fingerprint density at radius 3 is 2.50 bits per heavy atom. The van der Waals surface area contributed by atoms with E-state index in [-0.39, 0.29) is 5.56 Å². The van der Waals surface area contributed by atoms with Gasteiger partial charge < -0.3 is 10.1 Å². The molecule has 1 heterocycles. The minimum atomic E-state index is -4.37. The Morgan fingerprint density at radius 1 is 1.25 bits per heavy atom. The number of ether oxygens (including phenoxy) is 1. The van der Waals surface area contributed by atoms with Gasteiger partial charge in [-0.25, -0.2) is 0 Å². The van der Waals surface area contributed by atoms with Gasteiger partial charge in [0.25, 0.3) is 0 Å². The molecule has 0 saturated heterocycles. The fourth-order valence-electron chi connectivity index (χ4n) is 2.05. The Bertz CT molecular complexity index is 580. The highest BCUT2D eigenvalue weighted by molar-refractivity contribution is 7.10. The monoisotopic (exact) mass is 301 g/mol. The van der Waals surface area contributed by atoms with Crippen LogP contribution in [-0.2, 0) is 6.18 Å². The molecule has 0 radical (unpaired) electrons. The molecule has 1 N–H and O–H groups in total. The summed E-state index contributed by atoms with van der Waals surface area (Å²) < 4.78 is 44.3. The SMILES string of the molecule is CNC(c1cc(OC)cs1)c1ccccc1C(F)(F)F. The Hall–Kier alpha value is -1.53. The van der Waals surface area contributed by atoms with E-state index in [9.17, 15) is 13.2 Å². The fraction of sp³-hybridized carbons (Fsp3) is 0.286. The number of methoxy groups -OCH3 is 1. The van der Waals surface area contributed by atoms with E-state index in [4.69, 9.17) is 4.74 Å². The molecule has 1 atom stereocenters. The largest absolute Gasteiger partial charge is 0.496 e. The minimum absolute atomic E-state index is 0.215. The van der Waals surface area contributed by atoms with Crippen LogP contribution in [0.1, 0.15) is 22.0 Å². The van der Waals surface area contributed by atoms with Crippen molar-refractivity contribution in [3.8, 4) is 5.75 Å². The van der Waals surface area contributed by atoms with Crippen LogP contribution in [0, 0.1) is 0 Å². The number of thiophene rings is 1. The van der Waals surface area contributed by atoms with Crippen molar-refractivity contribution in [1.29, 1.82) is 0 Å². The molecule has 1 aromatic heterocycles. The van der Waals surface area contributed by atoms with Crippen molar-refractivity contribution >= 4 is 11.3 Å². The Morgan fingerprint density at radius 2 is 1.95 bits per heavy atom. The van der Waals surface area contributed by atoms with E-state index in [1.807, 2.05) is 0 Å². The summed E-state index contributed by atoms with van der Waals surface area (Å²) in [5, 5.41) is 4.71. The molecule has 2 rings (SSSR count). The molecule has 0 fully saturated rings. The number of nitrogens with one attached hydrogen (secondary N) is 1. The number of halogens is 3. The highest BCUT2D eigenvalue weighted by Gasteiger charge is 2.35. The van der Waals surface area contributed by atoms with E-state index >= 15 is 0 Å². The summed E-state index contributed by atoms with van der Waals surface area (Å²) in [6.45, 7) is 0. The van der Waals surface area contributed by atoms with Gasteiger partial charge in [-0.05, 0) is 24.7 Å². The number of hydrogen-bond donors (Lipinski definition) is 1. The zero-order chi connectivity index (χ0) is 14.8. The van der Waals surface area contributed by atoms with Gasteiger partial charge in [-0.1, -0.05) is 18.2 Å². The van der Waals surface area contributed by atoms with Crippen LogP contribution in [0.15, 0.2) is 35.7 Å². The Balaban J connectivity index is 2.47. The predicted molar refractivity (Wildman–Crippen MR) is 73.2 cm³/mol. The van der Waals surface area contributed by atoms with Gasteiger partial charge in [-0.2, -0.15) is 13.2 Å². The van der Waals surface area contributed by atoms with E-state index in [0.29, 0.717) is 5.75 Å². The maximum absolute atomic E-state index is 13.1. The smallest absolute Gasteiger partial charge is 0.416 e. The second-order valence-electron chi connectivity index (χ2n) is 4.20. The first-order chi connectivity index (χ1) is 9.47. The van der Waals surface area contributed by atoms with E-state index in [0.717, 1.165) is 10.9 Å². The van der Waals surface area contributed by atoms with Gasteiger partial charge in [0.15, 0.2) is 0 Å². The van der Waals surface area contributed by atoms with Crippen molar-refractivity contribution in [2.75, 3.05) is 14.2 Å². The van der Waals surface area contributed by atoms with Crippen molar-refractivity contribution in [1.82, 2.24) is 5.32 Å². The molecule has 0 amide bonds. The lowest BCUT2D eigenvalue weighted by molar-refractivity contribution is -0.138. The summed E-state index contributed by atoms with van der Waals surface area (Å²) in [6, 6.07) is 6.84. The van der Waals surface area contributed by atoms with Crippen LogP contribution in [0.2, 0.25) is 0 Å². The van der Waals surface area contributed by atoms with Crippen LogP contribution >= 0.6 is 11.3 Å². The summed E-state index contributed by atoms with van der Waals surface area (Å²) in [4.78, 5) is 0.779. The van der Waals surface area contributed by atoms with Crippen LogP contribution < -0.4 is 10.1 Å². The number of alkyl halides is 3. The van der Waals surface area contributed by atoms with Crippen LogP contribution in [0.4, 0.5) is 13.2 Å². The molecule has 1 unspecified atom stereocenters. The van der Waals surface area contributed by atoms with Crippen LogP contribution in [0.25, 0.3) is 0 Å². The summed E-state index contributed by atoms with van der Waals surface area (Å²) in [7, 11) is 3.17. The van der Waals surface area contributed by atoms with E-state index in [1.165, 1.54) is 30.6 Å². The van der Waals surface area contributed by atoms with Gasteiger partial charge in [0.05, 0.1) is 18.7 Å². The number of benzene rings is 1. The molecule has 108 valence electrons.